The first kappa shape index (κ1) is 9.38. The normalized spacial score (nSPS) is 10.3. The van der Waals surface area contributed by atoms with E-state index in [4.69, 9.17) is 0 Å². The number of rotatable bonds is 0. The highest BCUT2D eigenvalue weighted by Gasteiger charge is 2.11. The van der Waals surface area contributed by atoms with Crippen molar-refractivity contribution in [3.8, 4) is 0 Å². The summed E-state index contributed by atoms with van der Waals surface area (Å²) in [5, 5.41) is 0. The standard InChI is InChI=1S/C7H4BrF2I/c1-3-5(9)2-4(8)7(11)6(3)10/h2H,1H3. The van der Waals surface area contributed by atoms with Crippen LogP contribution in [0, 0.1) is 22.1 Å². The smallest absolute Gasteiger partial charge is 0.143 e. The fourth-order valence-electron chi connectivity index (χ4n) is 0.657. The Morgan fingerprint density at radius 3 is 2.55 bits per heavy atom. The molecule has 0 aliphatic carbocycles. The first-order chi connectivity index (χ1) is 5.04. The van der Waals surface area contributed by atoms with E-state index in [1.807, 2.05) is 22.6 Å². The van der Waals surface area contributed by atoms with E-state index in [9.17, 15) is 8.78 Å². The van der Waals surface area contributed by atoms with Gasteiger partial charge in [-0.1, -0.05) is 0 Å². The highest BCUT2D eigenvalue weighted by atomic mass is 127. The summed E-state index contributed by atoms with van der Waals surface area (Å²) >= 11 is 4.87. The van der Waals surface area contributed by atoms with E-state index in [-0.39, 0.29) is 5.56 Å². The van der Waals surface area contributed by atoms with Gasteiger partial charge in [0.25, 0.3) is 0 Å². The number of benzene rings is 1. The molecular weight excluding hydrogens is 329 g/mol. The van der Waals surface area contributed by atoms with Crippen LogP contribution in [0.25, 0.3) is 0 Å². The Morgan fingerprint density at radius 2 is 2.00 bits per heavy atom. The summed E-state index contributed by atoms with van der Waals surface area (Å²) in [6.45, 7) is 1.42. The third kappa shape index (κ3) is 1.72. The molecule has 0 heterocycles. The second kappa shape index (κ2) is 3.35. The van der Waals surface area contributed by atoms with Crippen molar-refractivity contribution in [2.45, 2.75) is 6.92 Å². The van der Waals surface area contributed by atoms with Crippen molar-refractivity contribution in [1.82, 2.24) is 0 Å². The SMILES string of the molecule is Cc1c(F)cc(Br)c(I)c1F. The van der Waals surface area contributed by atoms with Crippen molar-refractivity contribution < 1.29 is 8.78 Å². The van der Waals surface area contributed by atoms with Gasteiger partial charge < -0.3 is 0 Å². The van der Waals surface area contributed by atoms with Gasteiger partial charge in [0, 0.05) is 10.0 Å². The van der Waals surface area contributed by atoms with E-state index in [0.717, 1.165) is 0 Å². The Bertz CT molecular complexity index is 273. The van der Waals surface area contributed by atoms with Crippen molar-refractivity contribution in [3.63, 3.8) is 0 Å². The largest absolute Gasteiger partial charge is 0.207 e. The molecule has 0 unspecified atom stereocenters. The van der Waals surface area contributed by atoms with E-state index >= 15 is 0 Å². The minimum Gasteiger partial charge on any atom is -0.207 e. The van der Waals surface area contributed by atoms with E-state index in [1.54, 1.807) is 0 Å². The van der Waals surface area contributed by atoms with Crippen molar-refractivity contribution in [2.24, 2.45) is 0 Å². The van der Waals surface area contributed by atoms with Crippen LogP contribution in [0.5, 0.6) is 0 Å². The molecule has 11 heavy (non-hydrogen) atoms. The van der Waals surface area contributed by atoms with Crippen molar-refractivity contribution in [1.29, 1.82) is 0 Å². The predicted octanol–water partition coefficient (Wildman–Crippen LogP) is 3.64. The molecule has 0 radical (unpaired) electrons. The Morgan fingerprint density at radius 1 is 1.45 bits per heavy atom. The highest BCUT2D eigenvalue weighted by Crippen LogP contribution is 2.26. The summed E-state index contributed by atoms with van der Waals surface area (Å²) in [4.78, 5) is 0. The maximum Gasteiger partial charge on any atom is 0.143 e. The molecule has 0 nitrogen and oxygen atoms in total. The van der Waals surface area contributed by atoms with Crippen molar-refractivity contribution >= 4 is 38.5 Å². The Kier molecular flexibility index (Phi) is 2.85. The zero-order chi connectivity index (χ0) is 8.59. The minimum atomic E-state index is -0.519. The number of hydrogen-bond acceptors (Lipinski definition) is 0. The van der Waals surface area contributed by atoms with Crippen LogP contribution in [0.3, 0.4) is 0 Å². The summed E-state index contributed by atoms with van der Waals surface area (Å²) in [5.41, 5.74) is 0.0672. The van der Waals surface area contributed by atoms with Gasteiger partial charge in [-0.3, -0.25) is 0 Å². The molecule has 0 N–H and O–H groups in total. The van der Waals surface area contributed by atoms with Gasteiger partial charge in [0.1, 0.15) is 11.6 Å². The summed E-state index contributed by atoms with van der Waals surface area (Å²) in [5.74, 6) is -1.01. The zero-order valence-corrected chi connectivity index (χ0v) is 9.33. The molecular formula is C7H4BrF2I. The van der Waals surface area contributed by atoms with Crippen LogP contribution in [0.4, 0.5) is 8.78 Å². The average Bonchev–Trinajstić information content (AvgIpc) is 1.97. The monoisotopic (exact) mass is 332 g/mol. The van der Waals surface area contributed by atoms with E-state index in [2.05, 4.69) is 15.9 Å². The summed E-state index contributed by atoms with van der Waals surface area (Å²) in [6.07, 6.45) is 0. The second-order valence-electron chi connectivity index (χ2n) is 2.09. The lowest BCUT2D eigenvalue weighted by molar-refractivity contribution is 0.561. The second-order valence-corrected chi connectivity index (χ2v) is 4.03. The summed E-state index contributed by atoms with van der Waals surface area (Å²) in [6, 6.07) is 1.26. The molecule has 0 saturated heterocycles. The lowest BCUT2D eigenvalue weighted by atomic mass is 10.2. The van der Waals surface area contributed by atoms with Crippen LogP contribution in [0.15, 0.2) is 10.5 Å². The van der Waals surface area contributed by atoms with Gasteiger partial charge in [-0.2, -0.15) is 0 Å². The molecule has 0 spiro atoms. The molecule has 0 amide bonds. The van der Waals surface area contributed by atoms with E-state index in [1.165, 1.54) is 13.0 Å². The van der Waals surface area contributed by atoms with Gasteiger partial charge >= 0.3 is 0 Å². The predicted molar refractivity (Wildman–Crippen MR) is 51.5 cm³/mol. The molecule has 4 heteroatoms. The van der Waals surface area contributed by atoms with Crippen LogP contribution >= 0.6 is 38.5 Å². The lowest BCUT2D eigenvalue weighted by Gasteiger charge is -2.02. The van der Waals surface area contributed by atoms with Crippen LogP contribution in [0.1, 0.15) is 5.56 Å². The lowest BCUT2D eigenvalue weighted by Crippen LogP contribution is -1.93. The molecule has 0 saturated carbocycles. The van der Waals surface area contributed by atoms with Gasteiger partial charge in [0.15, 0.2) is 0 Å². The Balaban J connectivity index is 3.46. The molecule has 0 aromatic heterocycles. The topological polar surface area (TPSA) is 0 Å². The van der Waals surface area contributed by atoms with Crippen molar-refractivity contribution in [2.75, 3.05) is 0 Å². The highest BCUT2D eigenvalue weighted by molar-refractivity contribution is 14.1. The summed E-state index contributed by atoms with van der Waals surface area (Å²) < 4.78 is 26.6. The molecule has 1 rings (SSSR count). The van der Waals surface area contributed by atoms with E-state index in [0.29, 0.717) is 8.04 Å². The van der Waals surface area contributed by atoms with Gasteiger partial charge in [0.05, 0.1) is 3.57 Å². The molecule has 60 valence electrons. The molecule has 0 aliphatic heterocycles. The van der Waals surface area contributed by atoms with Crippen molar-refractivity contribution in [3.05, 3.63) is 31.3 Å². The van der Waals surface area contributed by atoms with Gasteiger partial charge in [0.2, 0.25) is 0 Å². The van der Waals surface area contributed by atoms with Crippen LogP contribution in [-0.4, -0.2) is 0 Å². The fourth-order valence-corrected chi connectivity index (χ4v) is 1.59. The van der Waals surface area contributed by atoms with Crippen LogP contribution < -0.4 is 0 Å². The molecule has 0 fully saturated rings. The van der Waals surface area contributed by atoms with E-state index < -0.39 is 11.6 Å². The fraction of sp³-hybridized carbons (Fsp3) is 0.143. The molecule has 0 aliphatic rings. The molecule has 0 atom stereocenters. The maximum absolute atomic E-state index is 13.0. The first-order valence-corrected chi connectivity index (χ1v) is 4.71. The van der Waals surface area contributed by atoms with Crippen LogP contribution in [0.2, 0.25) is 0 Å². The third-order valence-corrected chi connectivity index (χ3v) is 3.76. The molecule has 0 bridgehead atoms. The summed E-state index contributed by atoms with van der Waals surface area (Å²) in [7, 11) is 0. The van der Waals surface area contributed by atoms with Gasteiger partial charge in [-0.15, -0.1) is 0 Å². The van der Waals surface area contributed by atoms with Crippen LogP contribution in [-0.2, 0) is 0 Å². The Labute approximate surface area is 85.3 Å². The molecule has 1 aromatic rings. The number of halogens is 4. The zero-order valence-electron chi connectivity index (χ0n) is 5.59. The Hall–Kier alpha value is 0.290. The quantitative estimate of drug-likeness (QED) is 0.386. The molecule has 1 aromatic carbocycles. The first-order valence-electron chi connectivity index (χ1n) is 2.83. The van der Waals surface area contributed by atoms with Gasteiger partial charge in [-0.05, 0) is 51.5 Å². The maximum atomic E-state index is 13.0. The third-order valence-electron chi connectivity index (χ3n) is 1.34. The number of hydrogen-bond donors (Lipinski definition) is 0. The average molecular weight is 333 g/mol. The van der Waals surface area contributed by atoms with Gasteiger partial charge in [-0.25, -0.2) is 8.78 Å². The minimum absolute atomic E-state index is 0.0672.